The van der Waals surface area contributed by atoms with Gasteiger partial charge in [-0.3, -0.25) is 0 Å². The Balaban J connectivity index is 2.24. The molecule has 0 fully saturated rings. The fraction of sp³-hybridized carbons (Fsp3) is 0.333. The molecule has 0 bridgehead atoms. The topological polar surface area (TPSA) is 12.0 Å². The van der Waals surface area contributed by atoms with E-state index in [9.17, 15) is 0 Å². The first-order valence-electron chi connectivity index (χ1n) is 6.96. The van der Waals surface area contributed by atoms with Crippen LogP contribution in [0.25, 0.3) is 0 Å². The van der Waals surface area contributed by atoms with E-state index < -0.39 is 0 Å². The molecule has 0 radical (unpaired) electrons. The van der Waals surface area contributed by atoms with Gasteiger partial charge in [-0.1, -0.05) is 50.2 Å². The molecule has 1 atom stereocenters. The van der Waals surface area contributed by atoms with Gasteiger partial charge in [0.2, 0.25) is 0 Å². The summed E-state index contributed by atoms with van der Waals surface area (Å²) < 4.78 is 0. The van der Waals surface area contributed by atoms with Crippen LogP contribution >= 0.6 is 0 Å². The average molecular weight is 253 g/mol. The summed E-state index contributed by atoms with van der Waals surface area (Å²) in [6, 6.07) is 17.6. The molecule has 2 aromatic carbocycles. The van der Waals surface area contributed by atoms with Crippen molar-refractivity contribution in [2.24, 2.45) is 5.92 Å². The average Bonchev–Trinajstić information content (AvgIpc) is 2.40. The van der Waals surface area contributed by atoms with Gasteiger partial charge in [-0.25, -0.2) is 0 Å². The first kappa shape index (κ1) is 13.7. The third-order valence-electron chi connectivity index (χ3n) is 3.65. The Morgan fingerprint density at radius 3 is 2.11 bits per heavy atom. The summed E-state index contributed by atoms with van der Waals surface area (Å²) in [6.07, 6.45) is 0. The Labute approximate surface area is 116 Å². The van der Waals surface area contributed by atoms with Crippen LogP contribution in [0.3, 0.4) is 0 Å². The van der Waals surface area contributed by atoms with E-state index in [1.54, 1.807) is 0 Å². The molecule has 1 nitrogen and oxygen atoms in total. The van der Waals surface area contributed by atoms with Gasteiger partial charge in [0, 0.05) is 5.69 Å². The van der Waals surface area contributed by atoms with E-state index in [-0.39, 0.29) is 0 Å². The van der Waals surface area contributed by atoms with Crippen molar-refractivity contribution in [2.75, 3.05) is 5.32 Å². The molecule has 0 aliphatic rings. The minimum Gasteiger partial charge on any atom is -0.378 e. The Morgan fingerprint density at radius 1 is 0.842 bits per heavy atom. The normalized spacial score (nSPS) is 12.5. The van der Waals surface area contributed by atoms with Gasteiger partial charge in [0.05, 0.1) is 6.04 Å². The third kappa shape index (κ3) is 3.37. The monoisotopic (exact) mass is 253 g/mol. The van der Waals surface area contributed by atoms with Gasteiger partial charge in [0.25, 0.3) is 0 Å². The molecule has 2 aromatic rings. The number of hydrogen-bond acceptors (Lipinski definition) is 1. The predicted molar refractivity (Wildman–Crippen MR) is 83.6 cm³/mol. The maximum absolute atomic E-state index is 3.66. The molecule has 1 unspecified atom stereocenters. The Morgan fingerprint density at radius 2 is 1.53 bits per heavy atom. The molecule has 0 aromatic heterocycles. The molecular formula is C18H23N. The van der Waals surface area contributed by atoms with E-state index in [0.717, 1.165) is 0 Å². The maximum Gasteiger partial charge on any atom is 0.0536 e. The number of anilines is 1. The summed E-state index contributed by atoms with van der Waals surface area (Å²) in [7, 11) is 0. The van der Waals surface area contributed by atoms with Crippen molar-refractivity contribution in [3.05, 3.63) is 65.2 Å². The highest BCUT2D eigenvalue weighted by Gasteiger charge is 2.15. The van der Waals surface area contributed by atoms with E-state index in [1.165, 1.54) is 22.4 Å². The number of benzene rings is 2. The second-order valence-electron chi connectivity index (χ2n) is 5.58. The quantitative estimate of drug-likeness (QED) is 0.798. The molecule has 100 valence electrons. The van der Waals surface area contributed by atoms with Crippen LogP contribution in [0.5, 0.6) is 0 Å². The molecule has 0 saturated carbocycles. The lowest BCUT2D eigenvalue weighted by Gasteiger charge is -2.24. The van der Waals surface area contributed by atoms with Gasteiger partial charge in [0.15, 0.2) is 0 Å². The highest BCUT2D eigenvalue weighted by molar-refractivity contribution is 5.50. The lowest BCUT2D eigenvalue weighted by Crippen LogP contribution is -2.16. The van der Waals surface area contributed by atoms with Crippen LogP contribution < -0.4 is 5.32 Å². The minimum absolute atomic E-state index is 0.350. The van der Waals surface area contributed by atoms with Crippen molar-refractivity contribution in [1.82, 2.24) is 0 Å². The predicted octanol–water partition coefficient (Wildman–Crippen LogP) is 5.11. The van der Waals surface area contributed by atoms with Crippen molar-refractivity contribution in [1.29, 1.82) is 0 Å². The van der Waals surface area contributed by atoms with Crippen molar-refractivity contribution in [2.45, 2.75) is 33.7 Å². The standard InChI is InChI=1S/C18H23N/c1-13(2)18(16-8-6-5-7-9-16)19-17-11-10-14(3)15(4)12-17/h5-13,18-19H,1-4H3. The number of hydrogen-bond donors (Lipinski definition) is 1. The molecular weight excluding hydrogens is 230 g/mol. The smallest absolute Gasteiger partial charge is 0.0536 e. The molecule has 0 aliphatic heterocycles. The second kappa shape index (κ2) is 5.92. The zero-order chi connectivity index (χ0) is 13.8. The van der Waals surface area contributed by atoms with Crippen LogP contribution in [0.1, 0.15) is 36.6 Å². The molecule has 0 amide bonds. The second-order valence-corrected chi connectivity index (χ2v) is 5.58. The SMILES string of the molecule is Cc1ccc(NC(c2ccccc2)C(C)C)cc1C. The van der Waals surface area contributed by atoms with Gasteiger partial charge in [-0.15, -0.1) is 0 Å². The van der Waals surface area contributed by atoms with Gasteiger partial charge in [-0.05, 0) is 48.6 Å². The van der Waals surface area contributed by atoms with Crippen LogP contribution in [0.2, 0.25) is 0 Å². The van der Waals surface area contributed by atoms with Crippen LogP contribution in [-0.2, 0) is 0 Å². The van der Waals surface area contributed by atoms with Gasteiger partial charge in [-0.2, -0.15) is 0 Å². The van der Waals surface area contributed by atoms with E-state index >= 15 is 0 Å². The third-order valence-corrected chi connectivity index (χ3v) is 3.65. The van der Waals surface area contributed by atoms with Crippen molar-refractivity contribution in [3.8, 4) is 0 Å². The van der Waals surface area contributed by atoms with E-state index in [0.29, 0.717) is 12.0 Å². The number of nitrogens with one attached hydrogen (secondary N) is 1. The zero-order valence-electron chi connectivity index (χ0n) is 12.3. The number of aryl methyl sites for hydroxylation is 2. The molecule has 2 rings (SSSR count). The van der Waals surface area contributed by atoms with E-state index in [4.69, 9.17) is 0 Å². The van der Waals surface area contributed by atoms with Crippen LogP contribution in [-0.4, -0.2) is 0 Å². The van der Waals surface area contributed by atoms with Crippen LogP contribution in [0, 0.1) is 19.8 Å². The van der Waals surface area contributed by atoms with Crippen LogP contribution in [0.4, 0.5) is 5.69 Å². The van der Waals surface area contributed by atoms with Gasteiger partial charge < -0.3 is 5.32 Å². The molecule has 1 N–H and O–H groups in total. The molecule has 0 saturated heterocycles. The zero-order valence-corrected chi connectivity index (χ0v) is 12.3. The van der Waals surface area contributed by atoms with Gasteiger partial charge >= 0.3 is 0 Å². The minimum atomic E-state index is 0.350. The summed E-state index contributed by atoms with van der Waals surface area (Å²) >= 11 is 0. The van der Waals surface area contributed by atoms with Crippen LogP contribution in [0.15, 0.2) is 48.5 Å². The molecule has 0 spiro atoms. The Hall–Kier alpha value is -1.76. The largest absolute Gasteiger partial charge is 0.378 e. The van der Waals surface area contributed by atoms with E-state index in [1.807, 2.05) is 0 Å². The highest BCUT2D eigenvalue weighted by Crippen LogP contribution is 2.27. The summed E-state index contributed by atoms with van der Waals surface area (Å²) in [5, 5.41) is 3.66. The van der Waals surface area contributed by atoms with Crippen molar-refractivity contribution in [3.63, 3.8) is 0 Å². The molecule has 0 aliphatic carbocycles. The molecule has 19 heavy (non-hydrogen) atoms. The van der Waals surface area contributed by atoms with Crippen molar-refractivity contribution < 1.29 is 0 Å². The van der Waals surface area contributed by atoms with Gasteiger partial charge in [0.1, 0.15) is 0 Å². The summed E-state index contributed by atoms with van der Waals surface area (Å²) in [5.74, 6) is 0.545. The fourth-order valence-corrected chi connectivity index (χ4v) is 2.31. The Kier molecular flexibility index (Phi) is 4.26. The first-order chi connectivity index (χ1) is 9.08. The summed E-state index contributed by atoms with van der Waals surface area (Å²) in [6.45, 7) is 8.82. The maximum atomic E-state index is 3.66. The summed E-state index contributed by atoms with van der Waals surface area (Å²) in [5.41, 5.74) is 5.22. The highest BCUT2D eigenvalue weighted by atomic mass is 14.9. The number of rotatable bonds is 4. The lowest BCUT2D eigenvalue weighted by atomic mass is 9.95. The van der Waals surface area contributed by atoms with Crippen molar-refractivity contribution >= 4 is 5.69 Å². The fourth-order valence-electron chi connectivity index (χ4n) is 2.31. The Bertz CT molecular complexity index is 529. The summed E-state index contributed by atoms with van der Waals surface area (Å²) in [4.78, 5) is 0. The molecule has 0 heterocycles. The van der Waals surface area contributed by atoms with E-state index in [2.05, 4.69) is 81.5 Å². The molecule has 1 heteroatoms. The first-order valence-corrected chi connectivity index (χ1v) is 6.96. The lowest BCUT2D eigenvalue weighted by molar-refractivity contribution is 0.546.